The first-order valence-electron chi connectivity index (χ1n) is 5.73. The SMILES string of the molecule is CCC(COC)NCc1cc([N+](=O)[O-])ccc1Cl. The zero-order valence-electron chi connectivity index (χ0n) is 10.5. The largest absolute Gasteiger partial charge is 0.383 e. The average molecular weight is 273 g/mol. The molecule has 0 amide bonds. The highest BCUT2D eigenvalue weighted by Crippen LogP contribution is 2.22. The molecule has 0 aliphatic rings. The molecule has 5 nitrogen and oxygen atoms in total. The highest BCUT2D eigenvalue weighted by atomic mass is 35.5. The Labute approximate surface area is 111 Å². The number of nitro groups is 1. The summed E-state index contributed by atoms with van der Waals surface area (Å²) in [5.41, 5.74) is 0.774. The van der Waals surface area contributed by atoms with Crippen LogP contribution in [0.15, 0.2) is 18.2 Å². The zero-order chi connectivity index (χ0) is 13.5. The molecule has 1 aromatic carbocycles. The van der Waals surface area contributed by atoms with Crippen molar-refractivity contribution in [2.75, 3.05) is 13.7 Å². The van der Waals surface area contributed by atoms with Crippen LogP contribution in [-0.4, -0.2) is 24.7 Å². The van der Waals surface area contributed by atoms with Gasteiger partial charge in [-0.3, -0.25) is 10.1 Å². The van der Waals surface area contributed by atoms with Crippen molar-refractivity contribution in [1.29, 1.82) is 0 Å². The summed E-state index contributed by atoms with van der Waals surface area (Å²) >= 11 is 6.01. The summed E-state index contributed by atoms with van der Waals surface area (Å²) in [4.78, 5) is 10.3. The summed E-state index contributed by atoms with van der Waals surface area (Å²) < 4.78 is 5.07. The molecule has 100 valence electrons. The summed E-state index contributed by atoms with van der Waals surface area (Å²) in [6.45, 7) is 3.14. The lowest BCUT2D eigenvalue weighted by atomic mass is 10.1. The first kappa shape index (κ1) is 14.9. The highest BCUT2D eigenvalue weighted by Gasteiger charge is 2.11. The minimum atomic E-state index is -0.424. The van der Waals surface area contributed by atoms with Crippen molar-refractivity contribution in [2.45, 2.75) is 25.9 Å². The summed E-state index contributed by atoms with van der Waals surface area (Å²) in [7, 11) is 1.64. The number of rotatable bonds is 7. The molecule has 0 aliphatic heterocycles. The molecule has 1 atom stereocenters. The van der Waals surface area contributed by atoms with Gasteiger partial charge in [0, 0.05) is 36.9 Å². The third-order valence-electron chi connectivity index (χ3n) is 2.68. The van der Waals surface area contributed by atoms with Crippen LogP contribution in [0.1, 0.15) is 18.9 Å². The Morgan fingerprint density at radius 2 is 2.28 bits per heavy atom. The number of nitrogens with one attached hydrogen (secondary N) is 1. The van der Waals surface area contributed by atoms with Crippen LogP contribution in [0.25, 0.3) is 0 Å². The van der Waals surface area contributed by atoms with Gasteiger partial charge >= 0.3 is 0 Å². The van der Waals surface area contributed by atoms with Gasteiger partial charge in [0.25, 0.3) is 5.69 Å². The molecule has 1 rings (SSSR count). The van der Waals surface area contributed by atoms with Crippen LogP contribution in [0.2, 0.25) is 5.02 Å². The van der Waals surface area contributed by atoms with Crippen molar-refractivity contribution in [1.82, 2.24) is 5.32 Å². The van der Waals surface area contributed by atoms with Gasteiger partial charge in [0.15, 0.2) is 0 Å². The molecule has 0 heterocycles. The highest BCUT2D eigenvalue weighted by molar-refractivity contribution is 6.31. The van der Waals surface area contributed by atoms with Crippen LogP contribution < -0.4 is 5.32 Å². The molecular formula is C12H17ClN2O3. The van der Waals surface area contributed by atoms with E-state index >= 15 is 0 Å². The van der Waals surface area contributed by atoms with Crippen LogP contribution in [0.4, 0.5) is 5.69 Å². The smallest absolute Gasteiger partial charge is 0.269 e. The molecule has 1 aromatic rings. The Bertz CT molecular complexity index is 412. The molecule has 0 saturated heterocycles. The number of ether oxygens (including phenoxy) is 1. The van der Waals surface area contributed by atoms with Crippen LogP contribution >= 0.6 is 11.6 Å². The third kappa shape index (κ3) is 4.25. The number of nitro benzene ring substituents is 1. The second-order valence-corrected chi connectivity index (χ2v) is 4.38. The van der Waals surface area contributed by atoms with E-state index in [0.29, 0.717) is 18.2 Å². The maximum atomic E-state index is 10.7. The van der Waals surface area contributed by atoms with Gasteiger partial charge < -0.3 is 10.1 Å². The summed E-state index contributed by atoms with van der Waals surface area (Å²) in [6, 6.07) is 4.66. The molecule has 6 heteroatoms. The average Bonchev–Trinajstić information content (AvgIpc) is 2.35. The third-order valence-corrected chi connectivity index (χ3v) is 3.05. The van der Waals surface area contributed by atoms with Gasteiger partial charge in [0.2, 0.25) is 0 Å². The topological polar surface area (TPSA) is 64.4 Å². The Morgan fingerprint density at radius 3 is 2.83 bits per heavy atom. The van der Waals surface area contributed by atoms with Crippen molar-refractivity contribution >= 4 is 17.3 Å². The normalized spacial score (nSPS) is 12.4. The fourth-order valence-electron chi connectivity index (χ4n) is 1.59. The molecular weight excluding hydrogens is 256 g/mol. The molecule has 0 spiro atoms. The maximum Gasteiger partial charge on any atom is 0.269 e. The van der Waals surface area contributed by atoms with Crippen molar-refractivity contribution in [2.24, 2.45) is 0 Å². The first-order chi connectivity index (χ1) is 8.58. The van der Waals surface area contributed by atoms with Crippen LogP contribution in [0.5, 0.6) is 0 Å². The lowest BCUT2D eigenvalue weighted by molar-refractivity contribution is -0.384. The van der Waals surface area contributed by atoms with Crippen molar-refractivity contribution in [3.63, 3.8) is 0 Å². The van der Waals surface area contributed by atoms with E-state index in [9.17, 15) is 10.1 Å². The molecule has 1 N–H and O–H groups in total. The van der Waals surface area contributed by atoms with E-state index in [4.69, 9.17) is 16.3 Å². The predicted octanol–water partition coefficient (Wildman–Crippen LogP) is 2.76. The van der Waals surface area contributed by atoms with E-state index in [0.717, 1.165) is 12.0 Å². The van der Waals surface area contributed by atoms with Crippen LogP contribution in [0.3, 0.4) is 0 Å². The van der Waals surface area contributed by atoms with E-state index in [1.54, 1.807) is 13.2 Å². The molecule has 0 bridgehead atoms. The van der Waals surface area contributed by atoms with Crippen molar-refractivity contribution in [3.05, 3.63) is 38.9 Å². The van der Waals surface area contributed by atoms with Gasteiger partial charge in [-0.25, -0.2) is 0 Å². The second kappa shape index (κ2) is 7.31. The molecule has 0 saturated carbocycles. The quantitative estimate of drug-likeness (QED) is 0.612. The lowest BCUT2D eigenvalue weighted by Gasteiger charge is -2.16. The molecule has 0 radical (unpaired) electrons. The minimum Gasteiger partial charge on any atom is -0.383 e. The molecule has 0 aromatic heterocycles. The maximum absolute atomic E-state index is 10.7. The monoisotopic (exact) mass is 272 g/mol. The predicted molar refractivity (Wildman–Crippen MR) is 70.9 cm³/mol. The number of benzene rings is 1. The first-order valence-corrected chi connectivity index (χ1v) is 6.11. The number of non-ortho nitro benzene ring substituents is 1. The van der Waals surface area contributed by atoms with Gasteiger partial charge in [-0.1, -0.05) is 18.5 Å². The molecule has 1 unspecified atom stereocenters. The Balaban J connectivity index is 2.71. The Kier molecular flexibility index (Phi) is 6.04. The number of hydrogen-bond donors (Lipinski definition) is 1. The molecule has 0 fully saturated rings. The fourth-order valence-corrected chi connectivity index (χ4v) is 1.77. The number of methoxy groups -OCH3 is 1. The van der Waals surface area contributed by atoms with Gasteiger partial charge in [0.1, 0.15) is 0 Å². The van der Waals surface area contributed by atoms with Gasteiger partial charge in [-0.2, -0.15) is 0 Å². The van der Waals surface area contributed by atoms with E-state index in [2.05, 4.69) is 5.32 Å². The zero-order valence-corrected chi connectivity index (χ0v) is 11.2. The summed E-state index contributed by atoms with van der Waals surface area (Å²) in [5, 5.41) is 14.5. The molecule has 0 aliphatic carbocycles. The summed E-state index contributed by atoms with van der Waals surface area (Å²) in [6.07, 6.45) is 0.917. The fraction of sp³-hybridized carbons (Fsp3) is 0.500. The Morgan fingerprint density at radius 1 is 1.56 bits per heavy atom. The van der Waals surface area contributed by atoms with Gasteiger partial charge in [-0.05, 0) is 18.1 Å². The van der Waals surface area contributed by atoms with E-state index in [1.165, 1.54) is 12.1 Å². The van der Waals surface area contributed by atoms with Gasteiger partial charge in [-0.15, -0.1) is 0 Å². The van der Waals surface area contributed by atoms with E-state index in [1.807, 2.05) is 6.92 Å². The second-order valence-electron chi connectivity index (χ2n) is 3.97. The van der Waals surface area contributed by atoms with Crippen molar-refractivity contribution < 1.29 is 9.66 Å². The van der Waals surface area contributed by atoms with Crippen molar-refractivity contribution in [3.8, 4) is 0 Å². The minimum absolute atomic E-state index is 0.0518. The van der Waals surface area contributed by atoms with Crippen LogP contribution in [0, 0.1) is 10.1 Å². The van der Waals surface area contributed by atoms with Gasteiger partial charge in [0.05, 0.1) is 11.5 Å². The number of halogens is 1. The molecule has 18 heavy (non-hydrogen) atoms. The summed E-state index contributed by atoms with van der Waals surface area (Å²) in [5.74, 6) is 0. The van der Waals surface area contributed by atoms with Crippen LogP contribution in [-0.2, 0) is 11.3 Å². The standard InChI is InChI=1S/C12H17ClN2O3/c1-3-10(8-18-2)14-7-9-6-11(15(16)17)4-5-12(9)13/h4-6,10,14H,3,7-8H2,1-2H3. The van der Waals surface area contributed by atoms with E-state index < -0.39 is 4.92 Å². The van der Waals surface area contributed by atoms with E-state index in [-0.39, 0.29) is 11.7 Å². The number of hydrogen-bond acceptors (Lipinski definition) is 4. The Hall–Kier alpha value is -1.17. The lowest BCUT2D eigenvalue weighted by Crippen LogP contribution is -2.32. The number of nitrogens with zero attached hydrogens (tertiary/aromatic N) is 1.